The molecule has 0 saturated carbocycles. The third-order valence-corrected chi connectivity index (χ3v) is 4.29. The summed E-state index contributed by atoms with van der Waals surface area (Å²) in [7, 11) is 0. The first-order valence-corrected chi connectivity index (χ1v) is 9.48. The van der Waals surface area contributed by atoms with E-state index in [1.54, 1.807) is 36.4 Å². The largest absolute Gasteiger partial charge is 0.423 e. The molecule has 3 aromatic carbocycles. The van der Waals surface area contributed by atoms with E-state index in [9.17, 15) is 14.4 Å². The number of aryl methyl sites for hydroxylation is 1. The first-order chi connectivity index (χ1) is 15.5. The summed E-state index contributed by atoms with van der Waals surface area (Å²) in [6.45, 7) is 1.82. The molecular formula is C24H18N4O4. The molecule has 3 rings (SSSR count). The van der Waals surface area contributed by atoms with Gasteiger partial charge in [-0.05, 0) is 60.5 Å². The smallest absolute Gasteiger partial charge is 0.343 e. The monoisotopic (exact) mass is 426 g/mol. The van der Waals surface area contributed by atoms with E-state index >= 15 is 0 Å². The maximum absolute atomic E-state index is 12.3. The fraction of sp³-hybridized carbons (Fsp3) is 0.0417. The SMILES string of the molecule is Cc1ccccc1C(=O)Oc1cccc(/C=N/NC(=O)C(=O)Nc2ccc(C#N)cc2)c1. The molecule has 0 spiro atoms. The summed E-state index contributed by atoms with van der Waals surface area (Å²) in [4.78, 5) is 36.2. The second-order valence-corrected chi connectivity index (χ2v) is 6.62. The molecule has 2 amide bonds. The summed E-state index contributed by atoms with van der Waals surface area (Å²) < 4.78 is 5.40. The van der Waals surface area contributed by atoms with Crippen molar-refractivity contribution in [3.05, 3.63) is 95.1 Å². The zero-order valence-corrected chi connectivity index (χ0v) is 17.0. The van der Waals surface area contributed by atoms with Crippen LogP contribution in [0, 0.1) is 18.3 Å². The Hall–Kier alpha value is -4.77. The zero-order valence-electron chi connectivity index (χ0n) is 17.0. The van der Waals surface area contributed by atoms with E-state index in [-0.39, 0.29) is 0 Å². The predicted octanol–water partition coefficient (Wildman–Crippen LogP) is 3.17. The molecule has 2 N–H and O–H groups in total. The van der Waals surface area contributed by atoms with Crippen molar-refractivity contribution in [3.8, 4) is 11.8 Å². The number of ether oxygens (including phenoxy) is 1. The summed E-state index contributed by atoms with van der Waals surface area (Å²) >= 11 is 0. The van der Waals surface area contributed by atoms with Crippen LogP contribution in [0.2, 0.25) is 0 Å². The van der Waals surface area contributed by atoms with Gasteiger partial charge in [-0.1, -0.05) is 30.3 Å². The van der Waals surface area contributed by atoms with E-state index in [2.05, 4.69) is 15.8 Å². The van der Waals surface area contributed by atoms with Crippen LogP contribution in [0.1, 0.15) is 27.0 Å². The molecule has 0 atom stereocenters. The molecule has 0 radical (unpaired) electrons. The second-order valence-electron chi connectivity index (χ2n) is 6.62. The standard InChI is InChI=1S/C24H18N4O4/c1-16-5-2-3-8-21(16)24(31)32-20-7-4-6-18(13-20)15-26-28-23(30)22(29)27-19-11-9-17(14-25)10-12-19/h2-13,15H,1H3,(H,27,29)(H,28,30)/b26-15+. The van der Waals surface area contributed by atoms with Crippen LogP contribution in [-0.4, -0.2) is 24.0 Å². The number of hydrogen-bond donors (Lipinski definition) is 2. The number of hydrazone groups is 1. The van der Waals surface area contributed by atoms with Crippen molar-refractivity contribution in [1.29, 1.82) is 5.26 Å². The summed E-state index contributed by atoms with van der Waals surface area (Å²) in [6.07, 6.45) is 1.32. The van der Waals surface area contributed by atoms with Crippen molar-refractivity contribution >= 4 is 29.7 Å². The van der Waals surface area contributed by atoms with Gasteiger partial charge in [-0.3, -0.25) is 9.59 Å². The fourth-order valence-corrected chi connectivity index (χ4v) is 2.65. The molecule has 0 saturated heterocycles. The van der Waals surface area contributed by atoms with Crippen LogP contribution in [0.4, 0.5) is 5.69 Å². The van der Waals surface area contributed by atoms with Gasteiger partial charge in [0.2, 0.25) is 0 Å². The minimum Gasteiger partial charge on any atom is -0.423 e. The van der Waals surface area contributed by atoms with Gasteiger partial charge in [-0.25, -0.2) is 10.2 Å². The normalized spacial score (nSPS) is 10.2. The van der Waals surface area contributed by atoms with Crippen LogP contribution in [0.15, 0.2) is 77.9 Å². The minimum absolute atomic E-state index is 0.312. The average molecular weight is 426 g/mol. The van der Waals surface area contributed by atoms with E-state index in [0.717, 1.165) is 5.56 Å². The van der Waals surface area contributed by atoms with Gasteiger partial charge in [-0.15, -0.1) is 0 Å². The molecule has 0 fully saturated rings. The molecule has 8 heteroatoms. The highest BCUT2D eigenvalue weighted by Crippen LogP contribution is 2.16. The van der Waals surface area contributed by atoms with Gasteiger partial charge in [0, 0.05) is 5.69 Å². The summed E-state index contributed by atoms with van der Waals surface area (Å²) in [5.41, 5.74) is 4.75. The highest BCUT2D eigenvalue weighted by atomic mass is 16.5. The Balaban J connectivity index is 1.56. The molecule has 0 aliphatic heterocycles. The quantitative estimate of drug-likeness (QED) is 0.213. The number of nitrogens with one attached hydrogen (secondary N) is 2. The topological polar surface area (TPSA) is 121 Å². The first-order valence-electron chi connectivity index (χ1n) is 9.48. The lowest BCUT2D eigenvalue weighted by molar-refractivity contribution is -0.136. The highest BCUT2D eigenvalue weighted by Gasteiger charge is 2.13. The van der Waals surface area contributed by atoms with Gasteiger partial charge in [0.25, 0.3) is 0 Å². The summed E-state index contributed by atoms with van der Waals surface area (Å²) in [5, 5.41) is 14.9. The van der Waals surface area contributed by atoms with E-state index < -0.39 is 17.8 Å². The molecule has 0 unspecified atom stereocenters. The van der Waals surface area contributed by atoms with Crippen molar-refractivity contribution in [3.63, 3.8) is 0 Å². The van der Waals surface area contributed by atoms with Crippen LogP contribution < -0.4 is 15.5 Å². The summed E-state index contributed by atoms with van der Waals surface area (Å²) in [6, 6.07) is 21.7. The molecule has 0 aromatic heterocycles. The van der Waals surface area contributed by atoms with E-state index in [1.165, 1.54) is 30.5 Å². The van der Waals surface area contributed by atoms with Crippen LogP contribution in [0.25, 0.3) is 0 Å². The maximum atomic E-state index is 12.3. The zero-order chi connectivity index (χ0) is 22.9. The maximum Gasteiger partial charge on any atom is 0.343 e. The molecular weight excluding hydrogens is 408 g/mol. The van der Waals surface area contributed by atoms with Gasteiger partial charge in [-0.2, -0.15) is 10.4 Å². The Morgan fingerprint density at radius 3 is 2.44 bits per heavy atom. The number of nitrogens with zero attached hydrogens (tertiary/aromatic N) is 2. The van der Waals surface area contributed by atoms with Crippen molar-refractivity contribution in [2.24, 2.45) is 5.10 Å². The molecule has 8 nitrogen and oxygen atoms in total. The fourth-order valence-electron chi connectivity index (χ4n) is 2.65. The third-order valence-electron chi connectivity index (χ3n) is 4.29. The number of anilines is 1. The van der Waals surface area contributed by atoms with Crippen LogP contribution in [0.3, 0.4) is 0 Å². The number of hydrogen-bond acceptors (Lipinski definition) is 6. The third kappa shape index (κ3) is 5.87. The number of nitriles is 1. The van der Waals surface area contributed by atoms with Gasteiger partial charge < -0.3 is 10.1 Å². The Morgan fingerprint density at radius 1 is 0.969 bits per heavy atom. The van der Waals surface area contributed by atoms with E-state index in [0.29, 0.717) is 28.1 Å². The van der Waals surface area contributed by atoms with Crippen molar-refractivity contribution in [2.75, 3.05) is 5.32 Å². The average Bonchev–Trinajstić information content (AvgIpc) is 2.80. The highest BCUT2D eigenvalue weighted by molar-refractivity contribution is 6.39. The van der Waals surface area contributed by atoms with Crippen molar-refractivity contribution < 1.29 is 19.1 Å². The van der Waals surface area contributed by atoms with Crippen LogP contribution >= 0.6 is 0 Å². The number of amides is 2. The molecule has 158 valence electrons. The Morgan fingerprint density at radius 2 is 1.72 bits per heavy atom. The second kappa shape index (κ2) is 10.3. The van der Waals surface area contributed by atoms with E-state index in [4.69, 9.17) is 10.00 Å². The van der Waals surface area contributed by atoms with Crippen molar-refractivity contribution in [1.82, 2.24) is 5.43 Å². The van der Waals surface area contributed by atoms with Gasteiger partial charge >= 0.3 is 17.8 Å². The predicted molar refractivity (Wildman–Crippen MR) is 118 cm³/mol. The number of rotatable bonds is 5. The number of benzene rings is 3. The van der Waals surface area contributed by atoms with Crippen LogP contribution in [-0.2, 0) is 9.59 Å². The lowest BCUT2D eigenvalue weighted by atomic mass is 10.1. The molecule has 0 aliphatic rings. The lowest BCUT2D eigenvalue weighted by Crippen LogP contribution is -2.32. The first kappa shape index (κ1) is 21.9. The van der Waals surface area contributed by atoms with Gasteiger partial charge in [0.05, 0.1) is 23.4 Å². The van der Waals surface area contributed by atoms with Gasteiger partial charge in [0.15, 0.2) is 0 Å². The number of esters is 1. The number of carbonyl (C=O) groups excluding carboxylic acids is 3. The number of carbonyl (C=O) groups is 3. The Kier molecular flexibility index (Phi) is 7.07. The molecule has 32 heavy (non-hydrogen) atoms. The van der Waals surface area contributed by atoms with E-state index in [1.807, 2.05) is 25.1 Å². The molecule has 0 bridgehead atoms. The lowest BCUT2D eigenvalue weighted by Gasteiger charge is -2.07. The Bertz CT molecular complexity index is 1230. The van der Waals surface area contributed by atoms with Crippen LogP contribution in [0.5, 0.6) is 5.75 Å². The summed E-state index contributed by atoms with van der Waals surface area (Å²) in [5.74, 6) is -2.04. The molecule has 3 aromatic rings. The van der Waals surface area contributed by atoms with Crippen molar-refractivity contribution in [2.45, 2.75) is 6.92 Å². The van der Waals surface area contributed by atoms with Gasteiger partial charge in [0.1, 0.15) is 5.75 Å². The minimum atomic E-state index is -0.965. The molecule has 0 heterocycles. The Labute approximate surface area is 184 Å². The molecule has 0 aliphatic carbocycles.